The quantitative estimate of drug-likeness (QED) is 0.825. The topological polar surface area (TPSA) is 50.2 Å². The van der Waals surface area contributed by atoms with E-state index in [0.717, 1.165) is 25.1 Å². The minimum atomic E-state index is -0.0913. The Labute approximate surface area is 129 Å². The van der Waals surface area contributed by atoms with Gasteiger partial charge in [0, 0.05) is 12.1 Å². The molecule has 0 aromatic carbocycles. The van der Waals surface area contributed by atoms with Gasteiger partial charge in [-0.2, -0.15) is 5.10 Å². The number of aromatic nitrogens is 2. The van der Waals surface area contributed by atoms with Crippen molar-refractivity contribution in [2.45, 2.75) is 45.7 Å². The number of hydrogen-bond donors (Lipinski definition) is 1. The SMILES string of the molecule is CCC(C)(CC)Nc1cnn(CCN(C)C)c(=O)c1Br. The zero-order valence-corrected chi connectivity index (χ0v) is 14.6. The third kappa shape index (κ3) is 4.31. The lowest BCUT2D eigenvalue weighted by atomic mass is 9.95. The van der Waals surface area contributed by atoms with Gasteiger partial charge >= 0.3 is 0 Å². The van der Waals surface area contributed by atoms with Crippen LogP contribution in [0.15, 0.2) is 15.5 Å². The van der Waals surface area contributed by atoms with Gasteiger partial charge in [-0.15, -0.1) is 0 Å². The van der Waals surface area contributed by atoms with Crippen LogP contribution in [-0.2, 0) is 6.54 Å². The number of rotatable bonds is 7. The van der Waals surface area contributed by atoms with Gasteiger partial charge in [-0.25, -0.2) is 4.68 Å². The first-order valence-corrected chi connectivity index (χ1v) is 7.80. The molecule has 1 N–H and O–H groups in total. The Morgan fingerprint density at radius 2 is 2.00 bits per heavy atom. The Bertz CT molecular complexity index is 494. The summed E-state index contributed by atoms with van der Waals surface area (Å²) in [5.41, 5.74) is 0.653. The van der Waals surface area contributed by atoms with E-state index in [1.165, 1.54) is 4.68 Å². The van der Waals surface area contributed by atoms with E-state index < -0.39 is 0 Å². The van der Waals surface area contributed by atoms with Crippen molar-refractivity contribution < 1.29 is 0 Å². The molecule has 1 heterocycles. The molecule has 0 aliphatic heterocycles. The van der Waals surface area contributed by atoms with Gasteiger partial charge < -0.3 is 10.2 Å². The van der Waals surface area contributed by atoms with E-state index in [0.29, 0.717) is 11.0 Å². The summed E-state index contributed by atoms with van der Waals surface area (Å²) in [6, 6.07) is 0. The van der Waals surface area contributed by atoms with E-state index >= 15 is 0 Å². The number of anilines is 1. The highest BCUT2D eigenvalue weighted by Gasteiger charge is 2.21. The third-order valence-electron chi connectivity index (χ3n) is 3.74. The molecule has 0 spiro atoms. The molecule has 0 bridgehead atoms. The van der Waals surface area contributed by atoms with Crippen LogP contribution in [0.1, 0.15) is 33.6 Å². The lowest BCUT2D eigenvalue weighted by molar-refractivity contribution is 0.367. The molecule has 1 rings (SSSR count). The highest BCUT2D eigenvalue weighted by molar-refractivity contribution is 9.10. The number of nitrogens with one attached hydrogen (secondary N) is 1. The van der Waals surface area contributed by atoms with Crippen LogP contribution in [0.4, 0.5) is 5.69 Å². The van der Waals surface area contributed by atoms with Crippen LogP contribution < -0.4 is 10.9 Å². The summed E-state index contributed by atoms with van der Waals surface area (Å²) < 4.78 is 2.05. The van der Waals surface area contributed by atoms with Crippen LogP contribution in [0.5, 0.6) is 0 Å². The molecule has 20 heavy (non-hydrogen) atoms. The van der Waals surface area contributed by atoms with Crippen molar-refractivity contribution in [1.82, 2.24) is 14.7 Å². The minimum Gasteiger partial charge on any atom is -0.378 e. The lowest BCUT2D eigenvalue weighted by Crippen LogP contribution is -2.35. The fraction of sp³-hybridized carbons (Fsp3) is 0.714. The van der Waals surface area contributed by atoms with Crippen molar-refractivity contribution >= 4 is 21.6 Å². The standard InChI is InChI=1S/C14H25BrN4O/c1-6-14(3,7-2)17-11-10-16-19(9-8-18(4)5)13(20)12(11)15/h10,17H,6-9H2,1-5H3. The summed E-state index contributed by atoms with van der Waals surface area (Å²) in [7, 11) is 3.95. The molecule has 1 aromatic heterocycles. The molecule has 0 atom stereocenters. The van der Waals surface area contributed by atoms with Crippen molar-refractivity contribution in [2.24, 2.45) is 0 Å². The van der Waals surface area contributed by atoms with Crippen molar-refractivity contribution in [2.75, 3.05) is 26.0 Å². The summed E-state index contributed by atoms with van der Waals surface area (Å²) in [4.78, 5) is 14.3. The van der Waals surface area contributed by atoms with Crippen LogP contribution in [0.25, 0.3) is 0 Å². The van der Waals surface area contributed by atoms with Crippen LogP contribution in [0, 0.1) is 0 Å². The number of nitrogens with zero attached hydrogens (tertiary/aromatic N) is 3. The molecule has 0 aliphatic carbocycles. The number of halogens is 1. The number of likely N-dealkylation sites (N-methyl/N-ethyl adjacent to an activating group) is 1. The molecular weight excluding hydrogens is 320 g/mol. The largest absolute Gasteiger partial charge is 0.378 e. The zero-order chi connectivity index (χ0) is 15.3. The minimum absolute atomic E-state index is 0.0214. The average Bonchev–Trinajstić information content (AvgIpc) is 2.42. The Balaban J connectivity index is 2.97. The van der Waals surface area contributed by atoms with Crippen molar-refractivity contribution in [3.63, 3.8) is 0 Å². The van der Waals surface area contributed by atoms with Gasteiger partial charge in [-0.1, -0.05) is 13.8 Å². The molecule has 1 aromatic rings. The van der Waals surface area contributed by atoms with Crippen molar-refractivity contribution in [3.8, 4) is 0 Å². The van der Waals surface area contributed by atoms with E-state index in [2.05, 4.69) is 47.1 Å². The first-order chi connectivity index (χ1) is 9.33. The predicted molar refractivity (Wildman–Crippen MR) is 87.4 cm³/mol. The highest BCUT2D eigenvalue weighted by atomic mass is 79.9. The van der Waals surface area contributed by atoms with Gasteiger partial charge in [0.05, 0.1) is 18.4 Å². The maximum absolute atomic E-state index is 12.3. The Kier molecular flexibility index (Phi) is 6.20. The molecule has 0 amide bonds. The van der Waals surface area contributed by atoms with E-state index in [9.17, 15) is 4.79 Å². The van der Waals surface area contributed by atoms with Crippen LogP contribution in [-0.4, -0.2) is 40.9 Å². The predicted octanol–water partition coefficient (Wildman–Crippen LogP) is 2.56. The maximum atomic E-state index is 12.3. The molecule has 0 saturated carbocycles. The molecule has 0 saturated heterocycles. The summed E-state index contributed by atoms with van der Waals surface area (Å²) in [5, 5.41) is 7.67. The van der Waals surface area contributed by atoms with Gasteiger partial charge in [0.1, 0.15) is 4.47 Å². The van der Waals surface area contributed by atoms with E-state index in [4.69, 9.17) is 0 Å². The van der Waals surface area contributed by atoms with Crippen molar-refractivity contribution in [1.29, 1.82) is 0 Å². The molecule has 114 valence electrons. The molecule has 0 aliphatic rings. The molecular formula is C14H25BrN4O. The second kappa shape index (κ2) is 7.22. The zero-order valence-electron chi connectivity index (χ0n) is 13.0. The Hall–Kier alpha value is -0.880. The van der Waals surface area contributed by atoms with Crippen molar-refractivity contribution in [3.05, 3.63) is 21.0 Å². The lowest BCUT2D eigenvalue weighted by Gasteiger charge is -2.29. The van der Waals surface area contributed by atoms with Crippen LogP contribution in [0.2, 0.25) is 0 Å². The molecule has 0 radical (unpaired) electrons. The summed E-state index contributed by atoms with van der Waals surface area (Å²) in [5.74, 6) is 0. The smallest absolute Gasteiger partial charge is 0.283 e. The molecule has 0 fully saturated rings. The first kappa shape index (κ1) is 17.2. The average molecular weight is 345 g/mol. The summed E-state index contributed by atoms with van der Waals surface area (Å²) in [6.07, 6.45) is 3.70. The van der Waals surface area contributed by atoms with Gasteiger partial charge in [-0.05, 0) is 49.8 Å². The maximum Gasteiger partial charge on any atom is 0.283 e. The first-order valence-electron chi connectivity index (χ1n) is 7.01. The van der Waals surface area contributed by atoms with E-state index in [1.807, 2.05) is 19.0 Å². The second-order valence-electron chi connectivity index (χ2n) is 5.60. The summed E-state index contributed by atoms with van der Waals surface area (Å²) >= 11 is 3.40. The molecule has 6 heteroatoms. The number of hydrogen-bond acceptors (Lipinski definition) is 4. The van der Waals surface area contributed by atoms with Gasteiger partial charge in [0.25, 0.3) is 5.56 Å². The van der Waals surface area contributed by atoms with Crippen LogP contribution >= 0.6 is 15.9 Å². The Morgan fingerprint density at radius 3 is 2.50 bits per heavy atom. The van der Waals surface area contributed by atoms with Gasteiger partial charge in [-0.3, -0.25) is 4.79 Å². The fourth-order valence-electron chi connectivity index (χ4n) is 1.76. The summed E-state index contributed by atoms with van der Waals surface area (Å²) in [6.45, 7) is 7.79. The third-order valence-corrected chi connectivity index (χ3v) is 4.51. The fourth-order valence-corrected chi connectivity index (χ4v) is 2.16. The highest BCUT2D eigenvalue weighted by Crippen LogP contribution is 2.25. The molecule has 0 unspecified atom stereocenters. The van der Waals surface area contributed by atoms with Gasteiger partial charge in [0.15, 0.2) is 0 Å². The second-order valence-corrected chi connectivity index (χ2v) is 6.39. The molecule has 5 nitrogen and oxygen atoms in total. The monoisotopic (exact) mass is 344 g/mol. The van der Waals surface area contributed by atoms with Gasteiger partial charge in [0.2, 0.25) is 0 Å². The van der Waals surface area contributed by atoms with E-state index in [1.54, 1.807) is 6.20 Å². The van der Waals surface area contributed by atoms with E-state index in [-0.39, 0.29) is 11.1 Å². The van der Waals surface area contributed by atoms with Crippen LogP contribution in [0.3, 0.4) is 0 Å². The normalized spacial score (nSPS) is 11.9. The Morgan fingerprint density at radius 1 is 1.40 bits per heavy atom.